The number of unbranched alkanes of at least 4 members (excludes halogenated alkanes) is 12. The van der Waals surface area contributed by atoms with Gasteiger partial charge in [-0.3, -0.25) is 9.59 Å². The van der Waals surface area contributed by atoms with E-state index in [4.69, 9.17) is 9.84 Å². The van der Waals surface area contributed by atoms with Crippen molar-refractivity contribution in [2.24, 2.45) is 5.92 Å². The van der Waals surface area contributed by atoms with Gasteiger partial charge in [-0.15, -0.1) is 0 Å². The van der Waals surface area contributed by atoms with Gasteiger partial charge in [0.15, 0.2) is 12.4 Å². The molecule has 9 nitrogen and oxygen atoms in total. The molecule has 6 N–H and O–H groups in total. The maximum absolute atomic E-state index is 12.4. The third-order valence-corrected chi connectivity index (χ3v) is 6.66. The third kappa shape index (κ3) is 17.4. The Kier molecular flexibility index (Phi) is 22.3. The monoisotopic (exact) mass is 520 g/mol. The maximum atomic E-state index is 12.4. The van der Waals surface area contributed by atoms with Crippen LogP contribution in [0.1, 0.15) is 110 Å². The number of esters is 1. The molecule has 0 radical (unpaired) electrons. The predicted octanol–water partition coefficient (Wildman–Crippen LogP) is 2.40. The lowest BCUT2D eigenvalue weighted by Gasteiger charge is -2.26. The van der Waals surface area contributed by atoms with Crippen LogP contribution in [0.15, 0.2) is 0 Å². The summed E-state index contributed by atoms with van der Waals surface area (Å²) >= 11 is 0. The molecular weight excluding hydrogens is 468 g/mol. The normalized spacial score (nSPS) is 16.6. The van der Waals surface area contributed by atoms with Gasteiger partial charge < -0.3 is 35.4 Å². The number of carbonyl (C=O) groups is 2. The Morgan fingerprint density at radius 2 is 1.25 bits per heavy atom. The zero-order chi connectivity index (χ0) is 27.2. The highest BCUT2D eigenvalue weighted by Crippen LogP contribution is 2.22. The summed E-state index contributed by atoms with van der Waals surface area (Å²) in [5, 5.41) is 57.0. The molecule has 0 fully saturated rings. The van der Waals surface area contributed by atoms with Gasteiger partial charge in [-0.1, -0.05) is 90.4 Å². The number of rotatable bonds is 25. The standard InChI is InChI=1S/C27H52O9/c1-2-3-4-5-6-7-8-9-10-11-12-13-14-15-21(16-22(31)18-28)17-25(33)36-24(20-30)27(35)26(34)23(32)19-29/h20-24,26-29,31-32,34-35H,2-19H2,1H3/t21?,22?,23-,24+,26-,27-/m1/s1. The van der Waals surface area contributed by atoms with E-state index in [-0.39, 0.29) is 25.0 Å². The van der Waals surface area contributed by atoms with Crippen LogP contribution in [0.2, 0.25) is 0 Å². The SMILES string of the molecule is CCCCCCCCCCCCCCCC(CC(=O)O[C@@H](C=O)[C@@H](O)[C@H](O)[C@H](O)CO)CC(O)CO. The molecule has 36 heavy (non-hydrogen) atoms. The summed E-state index contributed by atoms with van der Waals surface area (Å²) < 4.78 is 4.99. The smallest absolute Gasteiger partial charge is 0.306 e. The van der Waals surface area contributed by atoms with Crippen LogP contribution in [-0.4, -0.2) is 86.6 Å². The lowest BCUT2D eigenvalue weighted by Crippen LogP contribution is -2.48. The first-order chi connectivity index (χ1) is 17.3. The van der Waals surface area contributed by atoms with Gasteiger partial charge in [0, 0.05) is 6.42 Å². The van der Waals surface area contributed by atoms with Crippen molar-refractivity contribution in [2.45, 2.75) is 140 Å². The number of aldehydes is 1. The Bertz CT molecular complexity index is 531. The van der Waals surface area contributed by atoms with Crippen molar-refractivity contribution >= 4 is 12.3 Å². The van der Waals surface area contributed by atoms with E-state index in [1.807, 2.05) is 0 Å². The zero-order valence-corrected chi connectivity index (χ0v) is 22.2. The highest BCUT2D eigenvalue weighted by molar-refractivity contribution is 5.73. The fourth-order valence-corrected chi connectivity index (χ4v) is 4.36. The second kappa shape index (κ2) is 23.0. The van der Waals surface area contributed by atoms with Gasteiger partial charge in [0.1, 0.15) is 18.3 Å². The molecule has 0 aromatic heterocycles. The van der Waals surface area contributed by atoms with Crippen molar-refractivity contribution in [2.75, 3.05) is 13.2 Å². The number of ether oxygens (including phenoxy) is 1. The van der Waals surface area contributed by atoms with E-state index >= 15 is 0 Å². The second-order valence-corrected chi connectivity index (χ2v) is 10.00. The summed E-state index contributed by atoms with van der Waals surface area (Å²) in [6.45, 7) is 0.968. The fourth-order valence-electron chi connectivity index (χ4n) is 4.36. The number of hydrogen-bond acceptors (Lipinski definition) is 9. The van der Waals surface area contributed by atoms with Crippen LogP contribution >= 0.6 is 0 Å². The Hall–Kier alpha value is -1.10. The first kappa shape index (κ1) is 34.9. The second-order valence-electron chi connectivity index (χ2n) is 10.00. The molecule has 214 valence electrons. The molecule has 0 aromatic rings. The summed E-state index contributed by atoms with van der Waals surface area (Å²) in [6, 6.07) is 0. The molecule has 0 aliphatic heterocycles. The summed E-state index contributed by atoms with van der Waals surface area (Å²) in [6.07, 6.45) is 8.61. The van der Waals surface area contributed by atoms with Crippen LogP contribution in [0.3, 0.4) is 0 Å². The van der Waals surface area contributed by atoms with Gasteiger partial charge in [0.25, 0.3) is 0 Å². The van der Waals surface area contributed by atoms with E-state index in [2.05, 4.69) is 6.92 Å². The van der Waals surface area contributed by atoms with E-state index in [1.165, 1.54) is 64.2 Å². The van der Waals surface area contributed by atoms with Gasteiger partial charge in [-0.2, -0.15) is 0 Å². The summed E-state index contributed by atoms with van der Waals surface area (Å²) in [5.41, 5.74) is 0. The topological polar surface area (TPSA) is 165 Å². The van der Waals surface area contributed by atoms with E-state index < -0.39 is 49.7 Å². The van der Waals surface area contributed by atoms with Crippen molar-refractivity contribution in [1.29, 1.82) is 0 Å². The minimum absolute atomic E-state index is 0.120. The molecule has 6 atom stereocenters. The lowest BCUT2D eigenvalue weighted by molar-refractivity contribution is -0.169. The Labute approximate surface area is 216 Å². The average molecular weight is 521 g/mol. The summed E-state index contributed by atoms with van der Waals surface area (Å²) in [7, 11) is 0. The van der Waals surface area contributed by atoms with Crippen molar-refractivity contribution < 1.29 is 45.0 Å². The molecule has 0 saturated heterocycles. The molecule has 0 amide bonds. The predicted molar refractivity (Wildman–Crippen MR) is 137 cm³/mol. The minimum Gasteiger partial charge on any atom is -0.452 e. The number of carbonyl (C=O) groups excluding carboxylic acids is 2. The van der Waals surface area contributed by atoms with Crippen LogP contribution < -0.4 is 0 Å². The number of aliphatic hydroxyl groups excluding tert-OH is 6. The quantitative estimate of drug-likeness (QED) is 0.0602. The van der Waals surface area contributed by atoms with Crippen molar-refractivity contribution in [3.05, 3.63) is 0 Å². The number of hydrogen-bond donors (Lipinski definition) is 6. The average Bonchev–Trinajstić information content (AvgIpc) is 2.88. The molecule has 0 spiro atoms. The number of aliphatic hydroxyl groups is 6. The first-order valence-corrected chi connectivity index (χ1v) is 13.9. The molecule has 2 unspecified atom stereocenters. The highest BCUT2D eigenvalue weighted by atomic mass is 16.6. The van der Waals surface area contributed by atoms with Crippen LogP contribution in [0.25, 0.3) is 0 Å². The Morgan fingerprint density at radius 1 is 0.750 bits per heavy atom. The van der Waals surface area contributed by atoms with Crippen molar-refractivity contribution in [3.63, 3.8) is 0 Å². The third-order valence-electron chi connectivity index (χ3n) is 6.66. The van der Waals surface area contributed by atoms with Crippen LogP contribution in [0.4, 0.5) is 0 Å². The van der Waals surface area contributed by atoms with Gasteiger partial charge >= 0.3 is 5.97 Å². The van der Waals surface area contributed by atoms with Crippen LogP contribution in [0.5, 0.6) is 0 Å². The Balaban J connectivity index is 4.31. The summed E-state index contributed by atoms with van der Waals surface area (Å²) in [5.74, 6) is -1.06. The van der Waals surface area contributed by atoms with Gasteiger partial charge in [0.05, 0.1) is 19.3 Å². The highest BCUT2D eigenvalue weighted by Gasteiger charge is 2.34. The molecule has 0 aliphatic carbocycles. The molecule has 0 heterocycles. The molecule has 0 rings (SSSR count). The van der Waals surface area contributed by atoms with E-state index in [1.54, 1.807) is 0 Å². The fraction of sp³-hybridized carbons (Fsp3) is 0.926. The van der Waals surface area contributed by atoms with Gasteiger partial charge in [-0.05, 0) is 18.8 Å². The van der Waals surface area contributed by atoms with E-state index in [0.29, 0.717) is 6.42 Å². The van der Waals surface area contributed by atoms with Gasteiger partial charge in [0.2, 0.25) is 0 Å². The molecule has 0 aliphatic rings. The van der Waals surface area contributed by atoms with Crippen molar-refractivity contribution in [3.8, 4) is 0 Å². The van der Waals surface area contributed by atoms with Crippen LogP contribution in [0, 0.1) is 5.92 Å². The first-order valence-electron chi connectivity index (χ1n) is 13.9. The van der Waals surface area contributed by atoms with Crippen LogP contribution in [-0.2, 0) is 14.3 Å². The zero-order valence-electron chi connectivity index (χ0n) is 22.2. The minimum atomic E-state index is -1.89. The lowest BCUT2D eigenvalue weighted by atomic mass is 9.91. The summed E-state index contributed by atoms with van der Waals surface area (Å²) in [4.78, 5) is 23.6. The molecule has 0 bridgehead atoms. The molecule has 0 aromatic carbocycles. The Morgan fingerprint density at radius 3 is 1.69 bits per heavy atom. The molecule has 0 saturated carbocycles. The van der Waals surface area contributed by atoms with E-state index in [0.717, 1.165) is 19.3 Å². The molecular formula is C27H52O9. The maximum Gasteiger partial charge on any atom is 0.306 e. The molecule has 9 heteroatoms. The van der Waals surface area contributed by atoms with Gasteiger partial charge in [-0.25, -0.2) is 0 Å². The van der Waals surface area contributed by atoms with E-state index in [9.17, 15) is 35.1 Å². The largest absolute Gasteiger partial charge is 0.452 e. The van der Waals surface area contributed by atoms with Crippen molar-refractivity contribution in [1.82, 2.24) is 0 Å².